The summed E-state index contributed by atoms with van der Waals surface area (Å²) in [5.41, 5.74) is 1.14. The Morgan fingerprint density at radius 1 is 1.11 bits per heavy atom. The number of hydrogen-bond donors (Lipinski definition) is 0. The normalized spacial score (nSPS) is 11.0. The molecule has 19 heavy (non-hydrogen) atoms. The Hall–Kier alpha value is -2.19. The largest absolute Gasteiger partial charge is 0.224 e. The highest BCUT2D eigenvalue weighted by molar-refractivity contribution is 7.90. The lowest BCUT2D eigenvalue weighted by molar-refractivity contribution is 0.602. The summed E-state index contributed by atoms with van der Waals surface area (Å²) >= 11 is 0. The van der Waals surface area contributed by atoms with Crippen molar-refractivity contribution in [3.63, 3.8) is 0 Å². The van der Waals surface area contributed by atoms with E-state index in [1.165, 1.54) is 24.3 Å². The first-order valence-electron chi connectivity index (χ1n) is 5.42. The average Bonchev–Trinajstić information content (AvgIpc) is 2.37. The van der Waals surface area contributed by atoms with Crippen molar-refractivity contribution < 1.29 is 12.8 Å². The van der Waals surface area contributed by atoms with Gasteiger partial charge in [-0.2, -0.15) is 5.26 Å². The van der Waals surface area contributed by atoms with Gasteiger partial charge in [-0.05, 0) is 29.8 Å². The zero-order chi connectivity index (χ0) is 14.0. The van der Waals surface area contributed by atoms with Crippen LogP contribution >= 0.6 is 0 Å². The van der Waals surface area contributed by atoms with Crippen LogP contribution in [0.25, 0.3) is 11.1 Å². The van der Waals surface area contributed by atoms with Crippen LogP contribution in [0.5, 0.6) is 0 Å². The molecule has 2 aromatic carbocycles. The Morgan fingerprint density at radius 2 is 1.74 bits per heavy atom. The van der Waals surface area contributed by atoms with Crippen molar-refractivity contribution in [1.82, 2.24) is 0 Å². The first-order chi connectivity index (χ1) is 8.91. The van der Waals surface area contributed by atoms with Crippen LogP contribution in [0.1, 0.15) is 5.56 Å². The van der Waals surface area contributed by atoms with Crippen molar-refractivity contribution in [3.8, 4) is 17.2 Å². The van der Waals surface area contributed by atoms with Crippen LogP contribution in [0.3, 0.4) is 0 Å². The molecule has 0 saturated carbocycles. The van der Waals surface area contributed by atoms with E-state index in [2.05, 4.69) is 0 Å². The van der Waals surface area contributed by atoms with Crippen LogP contribution in [0.2, 0.25) is 0 Å². The summed E-state index contributed by atoms with van der Waals surface area (Å²) in [4.78, 5) is 0.185. The molecule has 0 aliphatic carbocycles. The second kappa shape index (κ2) is 4.82. The number of nitrogens with zero attached hydrogens (tertiary/aromatic N) is 1. The van der Waals surface area contributed by atoms with E-state index in [-0.39, 0.29) is 10.5 Å². The Balaban J connectivity index is 2.47. The molecule has 0 N–H and O–H groups in total. The highest BCUT2D eigenvalue weighted by atomic mass is 32.2. The van der Waals surface area contributed by atoms with E-state index in [4.69, 9.17) is 5.26 Å². The molecular formula is C14H10FNO2S. The van der Waals surface area contributed by atoms with Gasteiger partial charge in [0.25, 0.3) is 0 Å². The molecule has 0 spiro atoms. The predicted molar refractivity (Wildman–Crippen MR) is 69.7 cm³/mol. The quantitative estimate of drug-likeness (QED) is 0.846. The number of nitriles is 1. The average molecular weight is 275 g/mol. The molecule has 2 rings (SSSR count). The Kier molecular flexibility index (Phi) is 3.36. The number of halogens is 1. The Bertz CT molecular complexity index is 759. The summed E-state index contributed by atoms with van der Waals surface area (Å²) in [5.74, 6) is -0.508. The van der Waals surface area contributed by atoms with E-state index in [0.717, 1.165) is 12.3 Å². The maximum Gasteiger partial charge on any atom is 0.175 e. The molecule has 0 aromatic heterocycles. The summed E-state index contributed by atoms with van der Waals surface area (Å²) in [5, 5.41) is 8.67. The van der Waals surface area contributed by atoms with Crippen LogP contribution in [-0.4, -0.2) is 14.7 Å². The van der Waals surface area contributed by atoms with E-state index in [1.54, 1.807) is 12.1 Å². The lowest BCUT2D eigenvalue weighted by atomic mass is 10.0. The molecule has 0 aliphatic heterocycles. The van der Waals surface area contributed by atoms with E-state index in [9.17, 15) is 12.8 Å². The summed E-state index contributed by atoms with van der Waals surface area (Å²) < 4.78 is 36.4. The summed E-state index contributed by atoms with van der Waals surface area (Å²) in [6.07, 6.45) is 1.12. The molecule has 0 atom stereocenters. The zero-order valence-corrected chi connectivity index (χ0v) is 10.9. The lowest BCUT2D eigenvalue weighted by Gasteiger charge is -2.05. The first kappa shape index (κ1) is 13.2. The van der Waals surface area contributed by atoms with E-state index >= 15 is 0 Å². The molecule has 5 heteroatoms. The van der Waals surface area contributed by atoms with Crippen LogP contribution in [0.4, 0.5) is 4.39 Å². The van der Waals surface area contributed by atoms with Crippen molar-refractivity contribution in [2.24, 2.45) is 0 Å². The first-order valence-corrected chi connectivity index (χ1v) is 7.31. The van der Waals surface area contributed by atoms with Gasteiger partial charge in [0, 0.05) is 11.8 Å². The van der Waals surface area contributed by atoms with Crippen molar-refractivity contribution >= 4 is 9.84 Å². The van der Waals surface area contributed by atoms with Gasteiger partial charge in [-0.3, -0.25) is 0 Å². The minimum absolute atomic E-state index is 0.185. The van der Waals surface area contributed by atoms with Crippen LogP contribution in [0.15, 0.2) is 47.4 Å². The third kappa shape index (κ3) is 2.80. The van der Waals surface area contributed by atoms with Gasteiger partial charge in [0.05, 0.1) is 16.5 Å². The van der Waals surface area contributed by atoms with Gasteiger partial charge in [0.1, 0.15) is 5.82 Å². The van der Waals surface area contributed by atoms with Crippen LogP contribution in [-0.2, 0) is 9.84 Å². The predicted octanol–water partition coefficient (Wildman–Crippen LogP) is 2.77. The van der Waals surface area contributed by atoms with E-state index < -0.39 is 15.7 Å². The molecule has 0 radical (unpaired) electrons. The maximum atomic E-state index is 13.8. The third-order valence-corrected chi connectivity index (χ3v) is 3.82. The van der Waals surface area contributed by atoms with Crippen molar-refractivity contribution in [1.29, 1.82) is 5.26 Å². The van der Waals surface area contributed by atoms with E-state index in [0.29, 0.717) is 11.1 Å². The van der Waals surface area contributed by atoms with Crippen molar-refractivity contribution in [3.05, 3.63) is 53.8 Å². The molecule has 0 bridgehead atoms. The second-order valence-corrected chi connectivity index (χ2v) is 6.12. The van der Waals surface area contributed by atoms with Gasteiger partial charge in [0.15, 0.2) is 9.84 Å². The smallest absolute Gasteiger partial charge is 0.175 e. The Morgan fingerprint density at radius 3 is 2.21 bits per heavy atom. The lowest BCUT2D eigenvalue weighted by Crippen LogP contribution is -1.96. The van der Waals surface area contributed by atoms with Gasteiger partial charge in [-0.25, -0.2) is 12.8 Å². The molecule has 0 aliphatic rings. The van der Waals surface area contributed by atoms with Crippen LogP contribution < -0.4 is 0 Å². The fourth-order valence-electron chi connectivity index (χ4n) is 1.70. The third-order valence-electron chi connectivity index (χ3n) is 2.69. The van der Waals surface area contributed by atoms with E-state index in [1.807, 2.05) is 6.07 Å². The molecule has 2 aromatic rings. The monoisotopic (exact) mass is 275 g/mol. The molecule has 0 amide bonds. The van der Waals surface area contributed by atoms with Gasteiger partial charge >= 0.3 is 0 Å². The topological polar surface area (TPSA) is 57.9 Å². The van der Waals surface area contributed by atoms with Gasteiger partial charge in [-0.1, -0.05) is 18.2 Å². The van der Waals surface area contributed by atoms with Crippen LogP contribution in [0, 0.1) is 17.1 Å². The maximum absolute atomic E-state index is 13.8. The highest BCUT2D eigenvalue weighted by Gasteiger charge is 2.09. The number of sulfone groups is 1. The number of rotatable bonds is 2. The molecule has 0 heterocycles. The fraction of sp³-hybridized carbons (Fsp3) is 0.0714. The molecule has 3 nitrogen and oxygen atoms in total. The van der Waals surface area contributed by atoms with Gasteiger partial charge in [-0.15, -0.1) is 0 Å². The highest BCUT2D eigenvalue weighted by Crippen LogP contribution is 2.24. The SMILES string of the molecule is CS(=O)(=O)c1ccc(-c2ccc(C#N)cc2F)cc1. The summed E-state index contributed by atoms with van der Waals surface area (Å²) in [7, 11) is -3.26. The molecular weight excluding hydrogens is 265 g/mol. The van der Waals surface area contributed by atoms with Crippen molar-refractivity contribution in [2.75, 3.05) is 6.26 Å². The Labute approximate surface area is 110 Å². The second-order valence-electron chi connectivity index (χ2n) is 4.10. The molecule has 0 fully saturated rings. The van der Waals surface area contributed by atoms with Gasteiger partial charge in [0.2, 0.25) is 0 Å². The number of benzene rings is 2. The minimum atomic E-state index is -3.26. The standard InChI is InChI=1S/C14H10FNO2S/c1-19(17,18)12-5-3-11(4-6-12)13-7-2-10(9-16)8-14(13)15/h2-8H,1H3. The fourth-order valence-corrected chi connectivity index (χ4v) is 2.33. The molecule has 0 unspecified atom stereocenters. The molecule has 0 saturated heterocycles. The minimum Gasteiger partial charge on any atom is -0.224 e. The van der Waals surface area contributed by atoms with Gasteiger partial charge < -0.3 is 0 Å². The molecule has 96 valence electrons. The summed E-state index contributed by atoms with van der Waals surface area (Å²) in [6.45, 7) is 0. The summed E-state index contributed by atoms with van der Waals surface area (Å²) in [6, 6.07) is 12.0. The zero-order valence-electron chi connectivity index (χ0n) is 10.1. The van der Waals surface area contributed by atoms with Crippen molar-refractivity contribution in [2.45, 2.75) is 4.90 Å². The number of hydrogen-bond acceptors (Lipinski definition) is 3.